The summed E-state index contributed by atoms with van der Waals surface area (Å²) in [6, 6.07) is 0.0236. The van der Waals surface area contributed by atoms with E-state index in [1.54, 1.807) is 0 Å². The SMILES string of the molecule is COC1CCOCC1n1cc(C(F)(F)F)cc(N)c1=O. The van der Waals surface area contributed by atoms with Gasteiger partial charge in [0.25, 0.3) is 5.56 Å². The Morgan fingerprint density at radius 3 is 2.80 bits per heavy atom. The van der Waals surface area contributed by atoms with Crippen molar-refractivity contribution in [2.45, 2.75) is 24.7 Å². The van der Waals surface area contributed by atoms with E-state index in [1.165, 1.54) is 7.11 Å². The Morgan fingerprint density at radius 2 is 2.20 bits per heavy atom. The minimum atomic E-state index is -4.57. The van der Waals surface area contributed by atoms with Crippen LogP contribution in [0.5, 0.6) is 0 Å². The van der Waals surface area contributed by atoms with Crippen LogP contribution in [0.15, 0.2) is 17.1 Å². The molecule has 0 saturated carbocycles. The van der Waals surface area contributed by atoms with Gasteiger partial charge in [-0.25, -0.2) is 0 Å². The summed E-state index contributed by atoms with van der Waals surface area (Å²) in [6.45, 7) is 0.553. The minimum absolute atomic E-state index is 0.110. The van der Waals surface area contributed by atoms with Gasteiger partial charge in [-0.2, -0.15) is 13.2 Å². The van der Waals surface area contributed by atoms with E-state index in [4.69, 9.17) is 15.2 Å². The van der Waals surface area contributed by atoms with E-state index in [0.717, 1.165) is 10.8 Å². The van der Waals surface area contributed by atoms with Crippen molar-refractivity contribution in [3.63, 3.8) is 0 Å². The zero-order valence-corrected chi connectivity index (χ0v) is 10.8. The Hall–Kier alpha value is -1.54. The molecule has 1 saturated heterocycles. The Kier molecular flexibility index (Phi) is 4.05. The molecule has 0 aromatic carbocycles. The summed E-state index contributed by atoms with van der Waals surface area (Å²) in [5, 5.41) is 0. The number of anilines is 1. The first-order valence-corrected chi connectivity index (χ1v) is 6.04. The summed E-state index contributed by atoms with van der Waals surface area (Å²) < 4.78 is 49.8. The van der Waals surface area contributed by atoms with Crippen molar-refractivity contribution in [2.24, 2.45) is 0 Å². The molecule has 0 aliphatic carbocycles. The summed E-state index contributed by atoms with van der Waals surface area (Å²) in [5.74, 6) is 0. The van der Waals surface area contributed by atoms with Crippen molar-refractivity contribution in [1.29, 1.82) is 0 Å². The van der Waals surface area contributed by atoms with Crippen LogP contribution in [0.1, 0.15) is 18.0 Å². The highest BCUT2D eigenvalue weighted by Gasteiger charge is 2.34. The molecule has 1 aliphatic rings. The third kappa shape index (κ3) is 2.80. The van der Waals surface area contributed by atoms with Crippen LogP contribution < -0.4 is 11.3 Å². The molecule has 0 bridgehead atoms. The number of hydrogen-bond donors (Lipinski definition) is 1. The molecule has 0 radical (unpaired) electrons. The molecule has 8 heteroatoms. The van der Waals surface area contributed by atoms with Gasteiger partial charge in [-0.1, -0.05) is 0 Å². The van der Waals surface area contributed by atoms with Gasteiger partial charge in [0.05, 0.1) is 30.0 Å². The van der Waals surface area contributed by atoms with Crippen LogP contribution >= 0.6 is 0 Å². The summed E-state index contributed by atoms with van der Waals surface area (Å²) >= 11 is 0. The van der Waals surface area contributed by atoms with E-state index in [2.05, 4.69) is 0 Å². The monoisotopic (exact) mass is 292 g/mol. The average Bonchev–Trinajstić information content (AvgIpc) is 2.40. The van der Waals surface area contributed by atoms with Crippen LogP contribution in [0.25, 0.3) is 0 Å². The highest BCUT2D eigenvalue weighted by atomic mass is 19.4. The molecular weight excluding hydrogens is 277 g/mol. The number of alkyl halides is 3. The van der Waals surface area contributed by atoms with Gasteiger partial charge in [0.15, 0.2) is 0 Å². The second-order valence-corrected chi connectivity index (χ2v) is 4.60. The Balaban J connectivity index is 2.49. The quantitative estimate of drug-likeness (QED) is 0.895. The fourth-order valence-electron chi connectivity index (χ4n) is 2.26. The van der Waals surface area contributed by atoms with Gasteiger partial charge in [-0.05, 0) is 12.5 Å². The normalized spacial score (nSPS) is 23.8. The third-order valence-electron chi connectivity index (χ3n) is 3.32. The van der Waals surface area contributed by atoms with E-state index in [0.29, 0.717) is 19.1 Å². The molecule has 2 atom stereocenters. The van der Waals surface area contributed by atoms with Gasteiger partial charge >= 0.3 is 6.18 Å². The van der Waals surface area contributed by atoms with Crippen LogP contribution in [0.3, 0.4) is 0 Å². The lowest BCUT2D eigenvalue weighted by Gasteiger charge is -2.32. The van der Waals surface area contributed by atoms with Crippen molar-refractivity contribution >= 4 is 5.69 Å². The van der Waals surface area contributed by atoms with Crippen molar-refractivity contribution in [3.8, 4) is 0 Å². The van der Waals surface area contributed by atoms with Gasteiger partial charge in [0.1, 0.15) is 0 Å². The van der Waals surface area contributed by atoms with E-state index >= 15 is 0 Å². The van der Waals surface area contributed by atoms with Crippen molar-refractivity contribution < 1.29 is 22.6 Å². The molecule has 2 N–H and O–H groups in total. The van der Waals surface area contributed by atoms with Gasteiger partial charge in [0.2, 0.25) is 0 Å². The van der Waals surface area contributed by atoms with Crippen LogP contribution in [0.2, 0.25) is 0 Å². The number of methoxy groups -OCH3 is 1. The number of nitrogens with zero attached hydrogens (tertiary/aromatic N) is 1. The standard InChI is InChI=1S/C12H15F3N2O3/c1-19-10-2-3-20-6-9(10)17-5-7(12(13,14)15)4-8(16)11(17)18/h4-5,9-10H,2-3,6,16H2,1H3. The second kappa shape index (κ2) is 5.45. The van der Waals surface area contributed by atoms with Crippen LogP contribution in [-0.2, 0) is 15.7 Å². The average molecular weight is 292 g/mol. The molecule has 1 aromatic rings. The molecule has 2 unspecified atom stereocenters. The Bertz CT molecular complexity index is 542. The van der Waals surface area contributed by atoms with Gasteiger partial charge in [0, 0.05) is 19.9 Å². The van der Waals surface area contributed by atoms with Gasteiger partial charge in [-0.3, -0.25) is 4.79 Å². The first-order chi connectivity index (χ1) is 9.34. The van der Waals surface area contributed by atoms with Crippen molar-refractivity contribution in [3.05, 3.63) is 28.2 Å². The Labute approximate surface area is 113 Å². The number of nitrogen functional groups attached to an aromatic ring is 1. The second-order valence-electron chi connectivity index (χ2n) is 4.60. The maximum Gasteiger partial charge on any atom is 0.417 e. The summed E-state index contributed by atoms with van der Waals surface area (Å²) in [7, 11) is 1.45. The highest BCUT2D eigenvalue weighted by molar-refractivity contribution is 5.39. The zero-order chi connectivity index (χ0) is 14.9. The molecule has 0 spiro atoms. The first-order valence-electron chi connectivity index (χ1n) is 6.04. The van der Waals surface area contributed by atoms with Gasteiger partial charge in [-0.15, -0.1) is 0 Å². The van der Waals surface area contributed by atoms with Crippen molar-refractivity contribution in [1.82, 2.24) is 4.57 Å². The van der Waals surface area contributed by atoms with E-state index in [9.17, 15) is 18.0 Å². The summed E-state index contributed by atoms with van der Waals surface area (Å²) in [5.41, 5.74) is 3.32. The smallest absolute Gasteiger partial charge is 0.394 e. The third-order valence-corrected chi connectivity index (χ3v) is 3.32. The predicted octanol–water partition coefficient (Wildman–Crippen LogP) is 1.43. The zero-order valence-electron chi connectivity index (χ0n) is 10.8. The summed E-state index contributed by atoms with van der Waals surface area (Å²) in [6.07, 6.45) is -3.68. The van der Waals surface area contributed by atoms with E-state index in [-0.39, 0.29) is 12.7 Å². The summed E-state index contributed by atoms with van der Waals surface area (Å²) in [4.78, 5) is 12.0. The molecular formula is C12H15F3N2O3. The Morgan fingerprint density at radius 1 is 1.50 bits per heavy atom. The van der Waals surface area contributed by atoms with Crippen LogP contribution in [0.4, 0.5) is 18.9 Å². The minimum Gasteiger partial charge on any atom is -0.394 e. The lowest BCUT2D eigenvalue weighted by Crippen LogP contribution is -2.41. The molecule has 112 valence electrons. The molecule has 1 aromatic heterocycles. The number of aromatic nitrogens is 1. The largest absolute Gasteiger partial charge is 0.417 e. The number of nitrogens with two attached hydrogens (primary N) is 1. The fourth-order valence-corrected chi connectivity index (χ4v) is 2.26. The van der Waals surface area contributed by atoms with E-state index in [1.807, 2.05) is 0 Å². The maximum atomic E-state index is 12.8. The van der Waals surface area contributed by atoms with E-state index < -0.39 is 29.0 Å². The number of pyridine rings is 1. The fraction of sp³-hybridized carbons (Fsp3) is 0.583. The lowest BCUT2D eigenvalue weighted by molar-refractivity contribution is -0.138. The molecule has 20 heavy (non-hydrogen) atoms. The predicted molar refractivity (Wildman–Crippen MR) is 65.4 cm³/mol. The topological polar surface area (TPSA) is 66.5 Å². The number of rotatable bonds is 2. The maximum absolute atomic E-state index is 12.8. The molecule has 1 aliphatic heterocycles. The molecule has 2 rings (SSSR count). The molecule has 2 heterocycles. The first kappa shape index (κ1) is 14.9. The number of halogens is 3. The molecule has 5 nitrogen and oxygen atoms in total. The number of ether oxygens (including phenoxy) is 2. The highest BCUT2D eigenvalue weighted by Crippen LogP contribution is 2.31. The molecule has 0 amide bonds. The van der Waals surface area contributed by atoms with Gasteiger partial charge < -0.3 is 19.8 Å². The molecule has 1 fully saturated rings. The van der Waals surface area contributed by atoms with Crippen LogP contribution in [-0.4, -0.2) is 31.0 Å². The number of hydrogen-bond acceptors (Lipinski definition) is 4. The lowest BCUT2D eigenvalue weighted by atomic mass is 10.1. The van der Waals surface area contributed by atoms with Crippen molar-refractivity contribution in [2.75, 3.05) is 26.1 Å². The van der Waals surface area contributed by atoms with Crippen LogP contribution in [0, 0.1) is 0 Å².